The van der Waals surface area contributed by atoms with Gasteiger partial charge in [0, 0.05) is 18.6 Å². The first kappa shape index (κ1) is 16.7. The summed E-state index contributed by atoms with van der Waals surface area (Å²) in [7, 11) is 0. The average Bonchev–Trinajstić information content (AvgIpc) is 2.30. The fourth-order valence-electron chi connectivity index (χ4n) is 1.77. The average molecular weight is 265 g/mol. The zero-order chi connectivity index (χ0) is 12.0. The van der Waals surface area contributed by atoms with E-state index in [0.717, 1.165) is 25.9 Å². The molecule has 1 atom stereocenters. The molecule has 0 aromatic heterocycles. The standard InChI is InChI=1S/C12H24N2O2.ClH/c1-4-12(3,5-2)14-11(15)8-10-9-13-6-7-16-10;/h10,13H,4-9H2,1-3H3,(H,14,15);1H. The van der Waals surface area contributed by atoms with Crippen LogP contribution in [0.2, 0.25) is 0 Å². The van der Waals surface area contributed by atoms with Gasteiger partial charge in [0.25, 0.3) is 0 Å². The van der Waals surface area contributed by atoms with E-state index in [1.807, 2.05) is 0 Å². The van der Waals surface area contributed by atoms with E-state index < -0.39 is 0 Å². The Morgan fingerprint density at radius 1 is 1.47 bits per heavy atom. The van der Waals surface area contributed by atoms with Crippen LogP contribution >= 0.6 is 12.4 Å². The minimum Gasteiger partial charge on any atom is -0.375 e. The lowest BCUT2D eigenvalue weighted by atomic mass is 9.95. The lowest BCUT2D eigenvalue weighted by molar-refractivity contribution is -0.126. The molecular formula is C12H25ClN2O2. The summed E-state index contributed by atoms with van der Waals surface area (Å²) in [6.45, 7) is 8.66. The molecule has 1 amide bonds. The van der Waals surface area contributed by atoms with Crippen molar-refractivity contribution in [2.75, 3.05) is 19.7 Å². The van der Waals surface area contributed by atoms with Gasteiger partial charge in [-0.25, -0.2) is 0 Å². The summed E-state index contributed by atoms with van der Waals surface area (Å²) >= 11 is 0. The van der Waals surface area contributed by atoms with Gasteiger partial charge in [-0.3, -0.25) is 4.79 Å². The highest BCUT2D eigenvalue weighted by Crippen LogP contribution is 2.14. The van der Waals surface area contributed by atoms with Crippen molar-refractivity contribution >= 4 is 18.3 Å². The number of carbonyl (C=O) groups excluding carboxylic acids is 1. The summed E-state index contributed by atoms with van der Waals surface area (Å²) in [6, 6.07) is 0. The number of hydrogen-bond acceptors (Lipinski definition) is 3. The quantitative estimate of drug-likeness (QED) is 0.791. The van der Waals surface area contributed by atoms with Gasteiger partial charge in [0.05, 0.1) is 19.1 Å². The van der Waals surface area contributed by atoms with E-state index in [1.165, 1.54) is 0 Å². The SMILES string of the molecule is CCC(C)(CC)NC(=O)CC1CNCCO1.Cl. The Balaban J connectivity index is 0.00000256. The first-order chi connectivity index (χ1) is 7.59. The Morgan fingerprint density at radius 3 is 2.59 bits per heavy atom. The molecule has 1 aliphatic rings. The van der Waals surface area contributed by atoms with E-state index in [4.69, 9.17) is 4.74 Å². The van der Waals surface area contributed by atoms with Gasteiger partial charge in [-0.2, -0.15) is 0 Å². The minimum absolute atomic E-state index is 0. The first-order valence-electron chi connectivity index (χ1n) is 6.23. The molecule has 1 heterocycles. The van der Waals surface area contributed by atoms with Crippen LogP contribution in [0.15, 0.2) is 0 Å². The maximum absolute atomic E-state index is 11.8. The molecular weight excluding hydrogens is 240 g/mol. The number of morpholine rings is 1. The third-order valence-electron chi connectivity index (χ3n) is 3.42. The third kappa shape index (κ3) is 5.70. The first-order valence-corrected chi connectivity index (χ1v) is 6.23. The van der Waals surface area contributed by atoms with Crippen molar-refractivity contribution in [2.24, 2.45) is 0 Å². The van der Waals surface area contributed by atoms with Gasteiger partial charge < -0.3 is 15.4 Å². The number of carbonyl (C=O) groups is 1. The monoisotopic (exact) mass is 264 g/mol. The Hall–Kier alpha value is -0.320. The van der Waals surface area contributed by atoms with Gasteiger partial charge in [-0.05, 0) is 19.8 Å². The molecule has 2 N–H and O–H groups in total. The molecule has 1 unspecified atom stereocenters. The van der Waals surface area contributed by atoms with Crippen molar-refractivity contribution in [1.29, 1.82) is 0 Å². The lowest BCUT2D eigenvalue weighted by Crippen LogP contribution is -2.48. The van der Waals surface area contributed by atoms with Gasteiger partial charge in [-0.15, -0.1) is 12.4 Å². The Bertz CT molecular complexity index is 227. The number of hydrogen-bond donors (Lipinski definition) is 2. The highest BCUT2D eigenvalue weighted by molar-refractivity contribution is 5.85. The summed E-state index contributed by atoms with van der Waals surface area (Å²) < 4.78 is 5.51. The second-order valence-corrected chi connectivity index (χ2v) is 4.72. The van der Waals surface area contributed by atoms with E-state index in [-0.39, 0.29) is 30.0 Å². The molecule has 0 aromatic rings. The molecule has 0 aromatic carbocycles. The van der Waals surface area contributed by atoms with E-state index >= 15 is 0 Å². The second kappa shape index (κ2) is 7.90. The normalized spacial score (nSPS) is 20.5. The summed E-state index contributed by atoms with van der Waals surface area (Å²) in [6.07, 6.45) is 2.41. The maximum atomic E-state index is 11.8. The molecule has 0 radical (unpaired) electrons. The van der Waals surface area contributed by atoms with Crippen LogP contribution in [0.3, 0.4) is 0 Å². The molecule has 0 saturated carbocycles. The van der Waals surface area contributed by atoms with Crippen LogP contribution in [-0.2, 0) is 9.53 Å². The fraction of sp³-hybridized carbons (Fsp3) is 0.917. The molecule has 4 nitrogen and oxygen atoms in total. The third-order valence-corrected chi connectivity index (χ3v) is 3.42. The number of halogens is 1. The molecule has 1 rings (SSSR count). The summed E-state index contributed by atoms with van der Waals surface area (Å²) in [5.41, 5.74) is -0.0703. The molecule has 17 heavy (non-hydrogen) atoms. The minimum atomic E-state index is -0.0703. The summed E-state index contributed by atoms with van der Waals surface area (Å²) in [5.74, 6) is 0.0971. The van der Waals surface area contributed by atoms with Gasteiger partial charge in [0.15, 0.2) is 0 Å². The van der Waals surface area contributed by atoms with Crippen LogP contribution in [0.5, 0.6) is 0 Å². The van der Waals surface area contributed by atoms with Crippen molar-refractivity contribution in [3.63, 3.8) is 0 Å². The molecule has 1 aliphatic heterocycles. The predicted octanol–water partition coefficient (Wildman–Crippen LogP) is 1.48. The molecule has 0 bridgehead atoms. The second-order valence-electron chi connectivity index (χ2n) is 4.72. The van der Waals surface area contributed by atoms with E-state index in [1.54, 1.807) is 0 Å². The number of ether oxygens (including phenoxy) is 1. The van der Waals surface area contributed by atoms with Gasteiger partial charge >= 0.3 is 0 Å². The van der Waals surface area contributed by atoms with Crippen molar-refractivity contribution < 1.29 is 9.53 Å². The molecule has 1 saturated heterocycles. The van der Waals surface area contributed by atoms with Crippen molar-refractivity contribution in [1.82, 2.24) is 10.6 Å². The lowest BCUT2D eigenvalue weighted by Gasteiger charge is -2.30. The summed E-state index contributed by atoms with van der Waals surface area (Å²) in [4.78, 5) is 11.8. The van der Waals surface area contributed by atoms with E-state index in [9.17, 15) is 4.79 Å². The largest absolute Gasteiger partial charge is 0.375 e. The fourth-order valence-corrected chi connectivity index (χ4v) is 1.77. The van der Waals surface area contributed by atoms with Crippen LogP contribution in [0, 0.1) is 0 Å². The molecule has 5 heteroatoms. The zero-order valence-electron chi connectivity index (χ0n) is 11.0. The van der Waals surface area contributed by atoms with E-state index in [2.05, 4.69) is 31.4 Å². The zero-order valence-corrected chi connectivity index (χ0v) is 11.9. The Labute approximate surface area is 110 Å². The van der Waals surface area contributed by atoms with E-state index in [0.29, 0.717) is 13.0 Å². The van der Waals surface area contributed by atoms with Crippen LogP contribution in [-0.4, -0.2) is 37.2 Å². The summed E-state index contributed by atoms with van der Waals surface area (Å²) in [5, 5.41) is 6.32. The van der Waals surface area contributed by atoms with Gasteiger partial charge in [0.1, 0.15) is 0 Å². The number of rotatable bonds is 5. The highest BCUT2D eigenvalue weighted by Gasteiger charge is 2.24. The van der Waals surface area contributed by atoms with Crippen LogP contribution < -0.4 is 10.6 Å². The van der Waals surface area contributed by atoms with Gasteiger partial charge in [-0.1, -0.05) is 13.8 Å². The van der Waals surface area contributed by atoms with Crippen molar-refractivity contribution in [3.05, 3.63) is 0 Å². The van der Waals surface area contributed by atoms with Crippen molar-refractivity contribution in [3.8, 4) is 0 Å². The molecule has 1 fully saturated rings. The predicted molar refractivity (Wildman–Crippen MR) is 71.6 cm³/mol. The maximum Gasteiger partial charge on any atom is 0.223 e. The van der Waals surface area contributed by atoms with Crippen molar-refractivity contribution in [2.45, 2.75) is 51.7 Å². The van der Waals surface area contributed by atoms with Crippen LogP contribution in [0.25, 0.3) is 0 Å². The van der Waals surface area contributed by atoms with Crippen LogP contribution in [0.4, 0.5) is 0 Å². The number of amides is 1. The Morgan fingerprint density at radius 2 is 2.12 bits per heavy atom. The highest BCUT2D eigenvalue weighted by atomic mass is 35.5. The molecule has 0 spiro atoms. The number of nitrogens with one attached hydrogen (secondary N) is 2. The van der Waals surface area contributed by atoms with Crippen LogP contribution in [0.1, 0.15) is 40.0 Å². The molecule has 0 aliphatic carbocycles. The Kier molecular flexibility index (Phi) is 7.75. The van der Waals surface area contributed by atoms with Gasteiger partial charge in [0.2, 0.25) is 5.91 Å². The smallest absolute Gasteiger partial charge is 0.223 e. The molecule has 102 valence electrons. The topological polar surface area (TPSA) is 50.4 Å².